The number of likely N-dealkylation sites (tertiary alicyclic amines) is 1. The van der Waals surface area contributed by atoms with Crippen molar-refractivity contribution in [3.8, 4) is 0 Å². The van der Waals surface area contributed by atoms with E-state index in [2.05, 4.69) is 24.1 Å². The number of likely N-dealkylation sites (N-methyl/N-ethyl adjacent to an activating group) is 1. The van der Waals surface area contributed by atoms with Crippen LogP contribution in [-0.2, 0) is 0 Å². The third-order valence-corrected chi connectivity index (χ3v) is 2.95. The van der Waals surface area contributed by atoms with Crippen LogP contribution < -0.4 is 5.32 Å². The average Bonchev–Trinajstić information content (AvgIpc) is 2.42. The van der Waals surface area contributed by atoms with Gasteiger partial charge in [0.1, 0.15) is 0 Å². The highest BCUT2D eigenvalue weighted by molar-refractivity contribution is 4.71. The van der Waals surface area contributed by atoms with Gasteiger partial charge in [0, 0.05) is 12.6 Å². The molecule has 1 atom stereocenters. The summed E-state index contributed by atoms with van der Waals surface area (Å²) in [6.45, 7) is 9.39. The summed E-state index contributed by atoms with van der Waals surface area (Å²) in [5.41, 5.74) is 0. The highest BCUT2D eigenvalue weighted by Crippen LogP contribution is 2.11. The minimum atomic E-state index is 0.720. The van der Waals surface area contributed by atoms with Crippen LogP contribution >= 0.6 is 0 Å². The molecule has 1 rings (SSSR count). The minimum absolute atomic E-state index is 0.720. The Kier molecular flexibility index (Phi) is 5.40. The van der Waals surface area contributed by atoms with Crippen LogP contribution in [-0.4, -0.2) is 37.1 Å². The summed E-state index contributed by atoms with van der Waals surface area (Å²) in [4.78, 5) is 2.63. The van der Waals surface area contributed by atoms with Crippen LogP contribution in [0.15, 0.2) is 0 Å². The second-order valence-corrected chi connectivity index (χ2v) is 4.11. The number of hydrogen-bond acceptors (Lipinski definition) is 2. The van der Waals surface area contributed by atoms with Gasteiger partial charge in [-0.1, -0.05) is 19.8 Å². The first-order valence-corrected chi connectivity index (χ1v) is 5.79. The molecular formula is C11H24N2. The van der Waals surface area contributed by atoms with Gasteiger partial charge in [0.15, 0.2) is 0 Å². The summed E-state index contributed by atoms with van der Waals surface area (Å²) >= 11 is 0. The SMILES string of the molecule is CCNCC(C)N1CCCCCC1. The molecule has 0 bridgehead atoms. The summed E-state index contributed by atoms with van der Waals surface area (Å²) in [5.74, 6) is 0. The molecule has 78 valence electrons. The lowest BCUT2D eigenvalue weighted by Crippen LogP contribution is -2.40. The molecular weight excluding hydrogens is 160 g/mol. The topological polar surface area (TPSA) is 15.3 Å². The number of nitrogens with zero attached hydrogens (tertiary/aromatic N) is 1. The first-order chi connectivity index (χ1) is 6.34. The molecule has 2 heteroatoms. The summed E-state index contributed by atoms with van der Waals surface area (Å²) in [7, 11) is 0. The van der Waals surface area contributed by atoms with Crippen LogP contribution in [0.3, 0.4) is 0 Å². The number of nitrogens with one attached hydrogen (secondary N) is 1. The van der Waals surface area contributed by atoms with E-state index in [1.165, 1.54) is 38.8 Å². The molecule has 13 heavy (non-hydrogen) atoms. The molecule has 1 unspecified atom stereocenters. The number of hydrogen-bond donors (Lipinski definition) is 1. The summed E-state index contributed by atoms with van der Waals surface area (Å²) in [6.07, 6.45) is 5.67. The zero-order valence-electron chi connectivity index (χ0n) is 9.18. The molecule has 1 N–H and O–H groups in total. The van der Waals surface area contributed by atoms with Gasteiger partial charge in [-0.05, 0) is 39.4 Å². The maximum atomic E-state index is 3.42. The van der Waals surface area contributed by atoms with Gasteiger partial charge in [-0.2, -0.15) is 0 Å². The van der Waals surface area contributed by atoms with Crippen molar-refractivity contribution >= 4 is 0 Å². The molecule has 0 aromatic rings. The lowest BCUT2D eigenvalue weighted by atomic mass is 10.2. The van der Waals surface area contributed by atoms with Crippen LogP contribution in [0.25, 0.3) is 0 Å². The van der Waals surface area contributed by atoms with Crippen LogP contribution in [0.1, 0.15) is 39.5 Å². The van der Waals surface area contributed by atoms with E-state index in [-0.39, 0.29) is 0 Å². The van der Waals surface area contributed by atoms with E-state index in [1.807, 2.05) is 0 Å². The van der Waals surface area contributed by atoms with Gasteiger partial charge in [-0.25, -0.2) is 0 Å². The van der Waals surface area contributed by atoms with Gasteiger partial charge in [0.2, 0.25) is 0 Å². The predicted molar refractivity (Wildman–Crippen MR) is 58.0 cm³/mol. The van der Waals surface area contributed by atoms with Crippen molar-refractivity contribution in [3.63, 3.8) is 0 Å². The van der Waals surface area contributed by atoms with E-state index in [0.29, 0.717) is 0 Å². The normalized spacial score (nSPS) is 22.6. The van der Waals surface area contributed by atoms with Crippen LogP contribution in [0, 0.1) is 0 Å². The van der Waals surface area contributed by atoms with Gasteiger partial charge in [0.25, 0.3) is 0 Å². The molecule has 2 nitrogen and oxygen atoms in total. The van der Waals surface area contributed by atoms with Crippen molar-refractivity contribution in [3.05, 3.63) is 0 Å². The lowest BCUT2D eigenvalue weighted by molar-refractivity contribution is 0.213. The molecule has 0 radical (unpaired) electrons. The van der Waals surface area contributed by atoms with E-state index < -0.39 is 0 Å². The van der Waals surface area contributed by atoms with Crippen LogP contribution in [0.2, 0.25) is 0 Å². The van der Waals surface area contributed by atoms with Crippen molar-refractivity contribution in [1.29, 1.82) is 0 Å². The van der Waals surface area contributed by atoms with E-state index >= 15 is 0 Å². The van der Waals surface area contributed by atoms with E-state index in [1.54, 1.807) is 0 Å². The Morgan fingerprint density at radius 2 is 1.77 bits per heavy atom. The molecule has 1 saturated heterocycles. The Morgan fingerprint density at radius 3 is 2.31 bits per heavy atom. The molecule has 1 heterocycles. The van der Waals surface area contributed by atoms with Crippen molar-refractivity contribution in [2.75, 3.05) is 26.2 Å². The number of rotatable bonds is 4. The molecule has 0 aliphatic carbocycles. The molecule has 0 saturated carbocycles. The minimum Gasteiger partial charge on any atom is -0.315 e. The van der Waals surface area contributed by atoms with E-state index in [9.17, 15) is 0 Å². The smallest absolute Gasteiger partial charge is 0.0192 e. The quantitative estimate of drug-likeness (QED) is 0.717. The Morgan fingerprint density at radius 1 is 1.15 bits per heavy atom. The fourth-order valence-corrected chi connectivity index (χ4v) is 2.02. The zero-order chi connectivity index (χ0) is 9.52. The molecule has 1 fully saturated rings. The van der Waals surface area contributed by atoms with Gasteiger partial charge in [-0.15, -0.1) is 0 Å². The average molecular weight is 184 g/mol. The fourth-order valence-electron chi connectivity index (χ4n) is 2.02. The summed E-state index contributed by atoms with van der Waals surface area (Å²) < 4.78 is 0. The first-order valence-electron chi connectivity index (χ1n) is 5.79. The summed E-state index contributed by atoms with van der Waals surface area (Å²) in [5, 5.41) is 3.42. The van der Waals surface area contributed by atoms with Gasteiger partial charge < -0.3 is 5.32 Å². The van der Waals surface area contributed by atoms with Gasteiger partial charge in [0.05, 0.1) is 0 Å². The van der Waals surface area contributed by atoms with Gasteiger partial charge in [-0.3, -0.25) is 4.90 Å². The molecule has 0 aromatic heterocycles. The molecule has 0 spiro atoms. The third-order valence-electron chi connectivity index (χ3n) is 2.95. The third kappa shape index (κ3) is 4.10. The fraction of sp³-hybridized carbons (Fsp3) is 1.00. The van der Waals surface area contributed by atoms with Crippen molar-refractivity contribution < 1.29 is 0 Å². The molecule has 1 aliphatic rings. The Labute approximate surface area is 82.7 Å². The monoisotopic (exact) mass is 184 g/mol. The maximum Gasteiger partial charge on any atom is 0.0192 e. The van der Waals surface area contributed by atoms with Crippen LogP contribution in [0.4, 0.5) is 0 Å². The lowest BCUT2D eigenvalue weighted by Gasteiger charge is -2.27. The predicted octanol–water partition coefficient (Wildman–Crippen LogP) is 1.86. The van der Waals surface area contributed by atoms with E-state index in [0.717, 1.165) is 19.1 Å². The van der Waals surface area contributed by atoms with Crippen molar-refractivity contribution in [2.45, 2.75) is 45.6 Å². The second kappa shape index (κ2) is 6.39. The highest BCUT2D eigenvalue weighted by Gasteiger charge is 2.14. The largest absolute Gasteiger partial charge is 0.315 e. The first kappa shape index (κ1) is 11.0. The summed E-state index contributed by atoms with van der Waals surface area (Å²) in [6, 6.07) is 0.720. The van der Waals surface area contributed by atoms with Crippen LogP contribution in [0.5, 0.6) is 0 Å². The molecule has 0 amide bonds. The van der Waals surface area contributed by atoms with E-state index in [4.69, 9.17) is 0 Å². The zero-order valence-corrected chi connectivity index (χ0v) is 9.18. The Bertz CT molecular complexity index is 117. The molecule has 1 aliphatic heterocycles. The molecule has 0 aromatic carbocycles. The highest BCUT2D eigenvalue weighted by atomic mass is 15.2. The Balaban J connectivity index is 2.22. The standard InChI is InChI=1S/C11H24N2/c1-3-12-10-11(2)13-8-6-4-5-7-9-13/h11-12H,3-10H2,1-2H3. The van der Waals surface area contributed by atoms with Crippen molar-refractivity contribution in [1.82, 2.24) is 10.2 Å². The maximum absolute atomic E-state index is 3.42. The van der Waals surface area contributed by atoms with Crippen molar-refractivity contribution in [2.24, 2.45) is 0 Å². The van der Waals surface area contributed by atoms with Gasteiger partial charge >= 0.3 is 0 Å². The second-order valence-electron chi connectivity index (χ2n) is 4.11. The Hall–Kier alpha value is -0.0800.